The maximum Gasteiger partial charge on any atom is 0.226 e. The van der Waals surface area contributed by atoms with Gasteiger partial charge in [0.25, 0.3) is 0 Å². The van der Waals surface area contributed by atoms with Crippen LogP contribution < -0.4 is 10.5 Å². The van der Waals surface area contributed by atoms with E-state index in [9.17, 15) is 17.6 Å². The first-order valence-electron chi connectivity index (χ1n) is 10.9. The molecule has 1 amide bonds. The number of alkyl halides is 2. The molecule has 0 aromatic heterocycles. The standard InChI is InChI=1S/C20H34ClFN2O4S/c1-12-9-14(22)6-8-18(12)28-19-7-5-13(21)10-17(19)20(25)24-15-3-2-4-16(11-15)29(23,26)27/h12-19H,2-11H2,1H3,(H,24,25)(H2,23,26,27). The molecule has 168 valence electrons. The Morgan fingerprint density at radius 3 is 2.48 bits per heavy atom. The Bertz CT molecular complexity index is 679. The lowest BCUT2D eigenvalue weighted by Crippen LogP contribution is -2.50. The summed E-state index contributed by atoms with van der Waals surface area (Å²) in [4.78, 5) is 13.1. The second-order valence-electron chi connectivity index (χ2n) is 9.20. The first kappa shape index (κ1) is 23.2. The summed E-state index contributed by atoms with van der Waals surface area (Å²) in [6, 6.07) is -0.197. The number of hydrogen-bond donors (Lipinski definition) is 2. The van der Waals surface area contributed by atoms with Crippen LogP contribution in [0, 0.1) is 11.8 Å². The average Bonchev–Trinajstić information content (AvgIpc) is 2.64. The highest BCUT2D eigenvalue weighted by atomic mass is 35.5. The lowest BCUT2D eigenvalue weighted by atomic mass is 9.83. The summed E-state index contributed by atoms with van der Waals surface area (Å²) in [7, 11) is -3.60. The van der Waals surface area contributed by atoms with Gasteiger partial charge in [0.2, 0.25) is 15.9 Å². The molecule has 3 saturated carbocycles. The van der Waals surface area contributed by atoms with E-state index in [1.807, 2.05) is 6.92 Å². The minimum absolute atomic E-state index is 0.0318. The minimum atomic E-state index is -3.60. The van der Waals surface area contributed by atoms with Crippen LogP contribution in [-0.2, 0) is 19.6 Å². The number of ether oxygens (including phenoxy) is 1. The van der Waals surface area contributed by atoms with Gasteiger partial charge < -0.3 is 10.1 Å². The van der Waals surface area contributed by atoms with Crippen molar-refractivity contribution in [3.8, 4) is 0 Å². The molecule has 8 atom stereocenters. The Morgan fingerprint density at radius 1 is 1.07 bits per heavy atom. The second-order valence-corrected chi connectivity index (χ2v) is 11.7. The van der Waals surface area contributed by atoms with Crippen molar-refractivity contribution >= 4 is 27.5 Å². The van der Waals surface area contributed by atoms with Crippen LogP contribution in [0.15, 0.2) is 0 Å². The Morgan fingerprint density at radius 2 is 1.79 bits per heavy atom. The molecule has 0 aromatic carbocycles. The average molecular weight is 453 g/mol. The summed E-state index contributed by atoms with van der Waals surface area (Å²) in [6.45, 7) is 2.01. The van der Waals surface area contributed by atoms with Gasteiger partial charge in [-0.05, 0) is 63.7 Å². The highest BCUT2D eigenvalue weighted by molar-refractivity contribution is 7.89. The van der Waals surface area contributed by atoms with Gasteiger partial charge in [-0.2, -0.15) is 0 Å². The van der Waals surface area contributed by atoms with Crippen molar-refractivity contribution in [3.05, 3.63) is 0 Å². The maximum absolute atomic E-state index is 13.6. The quantitative estimate of drug-likeness (QED) is 0.626. The Hall–Kier alpha value is -0.440. The summed E-state index contributed by atoms with van der Waals surface area (Å²) in [5.74, 6) is -0.353. The third-order valence-electron chi connectivity index (χ3n) is 6.87. The second kappa shape index (κ2) is 9.79. The molecule has 0 saturated heterocycles. The molecule has 3 aliphatic carbocycles. The molecule has 0 aromatic rings. The van der Waals surface area contributed by atoms with Gasteiger partial charge >= 0.3 is 0 Å². The van der Waals surface area contributed by atoms with Crippen molar-refractivity contribution < 1.29 is 22.3 Å². The van der Waals surface area contributed by atoms with Crippen LogP contribution in [0.4, 0.5) is 4.39 Å². The predicted octanol–water partition coefficient (Wildman–Crippen LogP) is 3.02. The number of halogens is 2. The van der Waals surface area contributed by atoms with Gasteiger partial charge in [0, 0.05) is 11.4 Å². The summed E-state index contributed by atoms with van der Waals surface area (Å²) in [6.07, 6.45) is 5.06. The number of carbonyl (C=O) groups excluding carboxylic acids is 1. The van der Waals surface area contributed by atoms with Gasteiger partial charge in [-0.1, -0.05) is 13.3 Å². The number of rotatable bonds is 5. The third kappa shape index (κ3) is 6.28. The van der Waals surface area contributed by atoms with E-state index in [0.29, 0.717) is 44.9 Å². The first-order valence-corrected chi connectivity index (χ1v) is 12.9. The number of primary sulfonamides is 1. The third-order valence-corrected chi connectivity index (χ3v) is 8.63. The molecule has 3 rings (SSSR count). The number of sulfonamides is 1. The number of hydrogen-bond acceptors (Lipinski definition) is 4. The molecule has 3 N–H and O–H groups in total. The molecule has 29 heavy (non-hydrogen) atoms. The molecule has 3 aliphatic rings. The van der Waals surface area contributed by atoms with Crippen molar-refractivity contribution in [2.24, 2.45) is 17.0 Å². The lowest BCUT2D eigenvalue weighted by molar-refractivity contribution is -0.141. The number of amides is 1. The van der Waals surface area contributed by atoms with Crippen LogP contribution in [0.1, 0.15) is 71.1 Å². The van der Waals surface area contributed by atoms with E-state index in [2.05, 4.69) is 5.32 Å². The minimum Gasteiger partial charge on any atom is -0.374 e. The van der Waals surface area contributed by atoms with E-state index in [1.165, 1.54) is 0 Å². The van der Waals surface area contributed by atoms with Gasteiger partial charge in [-0.25, -0.2) is 17.9 Å². The molecular weight excluding hydrogens is 419 g/mol. The zero-order chi connectivity index (χ0) is 21.2. The molecule has 0 heterocycles. The van der Waals surface area contributed by atoms with Gasteiger partial charge in [-0.3, -0.25) is 4.79 Å². The fraction of sp³-hybridized carbons (Fsp3) is 0.950. The zero-order valence-electron chi connectivity index (χ0n) is 17.1. The summed E-state index contributed by atoms with van der Waals surface area (Å²) in [5, 5.41) is 7.67. The van der Waals surface area contributed by atoms with Crippen LogP contribution in [-0.4, -0.2) is 49.4 Å². The molecular formula is C20H34ClFN2O4S. The largest absolute Gasteiger partial charge is 0.374 e. The van der Waals surface area contributed by atoms with E-state index in [-0.39, 0.29) is 41.4 Å². The highest BCUT2D eigenvalue weighted by Crippen LogP contribution is 2.36. The van der Waals surface area contributed by atoms with Crippen LogP contribution in [0.2, 0.25) is 0 Å². The monoisotopic (exact) mass is 452 g/mol. The van der Waals surface area contributed by atoms with Gasteiger partial charge in [-0.15, -0.1) is 11.6 Å². The van der Waals surface area contributed by atoms with Crippen molar-refractivity contribution in [1.29, 1.82) is 0 Å². The van der Waals surface area contributed by atoms with E-state index in [0.717, 1.165) is 19.3 Å². The molecule has 0 radical (unpaired) electrons. The number of nitrogens with two attached hydrogens (primary N) is 1. The number of nitrogens with one attached hydrogen (secondary N) is 1. The van der Waals surface area contributed by atoms with E-state index in [4.69, 9.17) is 21.5 Å². The number of carbonyl (C=O) groups is 1. The van der Waals surface area contributed by atoms with E-state index >= 15 is 0 Å². The molecule has 0 bridgehead atoms. The van der Waals surface area contributed by atoms with E-state index in [1.54, 1.807) is 0 Å². The van der Waals surface area contributed by atoms with Crippen LogP contribution in [0.3, 0.4) is 0 Å². The Kier molecular flexibility index (Phi) is 7.84. The Balaban J connectivity index is 1.61. The van der Waals surface area contributed by atoms with Crippen LogP contribution in [0.5, 0.6) is 0 Å². The maximum atomic E-state index is 13.6. The van der Waals surface area contributed by atoms with Crippen LogP contribution >= 0.6 is 11.6 Å². The molecule has 6 nitrogen and oxygen atoms in total. The van der Waals surface area contributed by atoms with Gasteiger partial charge in [0.05, 0.1) is 23.4 Å². The topological polar surface area (TPSA) is 98.5 Å². The Labute approximate surface area is 178 Å². The molecule has 9 heteroatoms. The summed E-state index contributed by atoms with van der Waals surface area (Å²) < 4.78 is 43.3. The molecule has 0 aliphatic heterocycles. The fourth-order valence-corrected chi connectivity index (χ4v) is 6.46. The van der Waals surface area contributed by atoms with Gasteiger partial charge in [0.15, 0.2) is 0 Å². The smallest absolute Gasteiger partial charge is 0.226 e. The van der Waals surface area contributed by atoms with Crippen molar-refractivity contribution in [2.45, 2.75) is 106 Å². The normalized spacial score (nSPS) is 41.7. The molecule has 3 fully saturated rings. The van der Waals surface area contributed by atoms with Crippen molar-refractivity contribution in [2.75, 3.05) is 0 Å². The predicted molar refractivity (Wildman–Crippen MR) is 111 cm³/mol. The fourth-order valence-electron chi connectivity index (χ4n) is 5.14. The van der Waals surface area contributed by atoms with E-state index < -0.39 is 21.4 Å². The summed E-state index contributed by atoms with van der Waals surface area (Å²) >= 11 is 6.36. The van der Waals surface area contributed by atoms with Gasteiger partial charge in [0.1, 0.15) is 6.17 Å². The SMILES string of the molecule is CC1CC(F)CCC1OC1CCC(Cl)CC1C(=O)NC1CCCC(S(N)(=O)=O)C1. The lowest BCUT2D eigenvalue weighted by Gasteiger charge is -2.39. The first-order chi connectivity index (χ1) is 13.6. The van der Waals surface area contributed by atoms with Crippen molar-refractivity contribution in [3.63, 3.8) is 0 Å². The highest BCUT2D eigenvalue weighted by Gasteiger charge is 2.40. The molecule has 8 unspecified atom stereocenters. The zero-order valence-corrected chi connectivity index (χ0v) is 18.6. The molecule has 0 spiro atoms. The van der Waals surface area contributed by atoms with Crippen molar-refractivity contribution in [1.82, 2.24) is 5.32 Å². The van der Waals surface area contributed by atoms with Crippen LogP contribution in [0.25, 0.3) is 0 Å². The summed E-state index contributed by atoms with van der Waals surface area (Å²) in [5.41, 5.74) is 0.